The summed E-state index contributed by atoms with van der Waals surface area (Å²) < 4.78 is 12.2. The third-order valence-corrected chi connectivity index (χ3v) is 5.29. The summed E-state index contributed by atoms with van der Waals surface area (Å²) >= 11 is 9.33. The molecule has 3 aromatic carbocycles. The van der Waals surface area contributed by atoms with Crippen LogP contribution < -0.4 is 20.2 Å². The summed E-state index contributed by atoms with van der Waals surface area (Å²) in [5.41, 5.74) is 5.09. The molecule has 0 radical (unpaired) electrons. The van der Waals surface area contributed by atoms with Crippen LogP contribution in [0.2, 0.25) is 5.02 Å². The first kappa shape index (κ1) is 24.3. The summed E-state index contributed by atoms with van der Waals surface area (Å²) in [6, 6.07) is 18.0. The molecule has 170 valence electrons. The molecule has 0 saturated heterocycles. The Bertz CT molecular complexity index is 1180. The van der Waals surface area contributed by atoms with Gasteiger partial charge in [-0.1, -0.05) is 45.7 Å². The van der Waals surface area contributed by atoms with E-state index in [0.29, 0.717) is 34.4 Å². The number of aryl methyl sites for hydroxylation is 1. The lowest BCUT2D eigenvalue weighted by molar-refractivity contribution is -0.136. The molecule has 33 heavy (non-hydrogen) atoms. The van der Waals surface area contributed by atoms with E-state index in [-0.39, 0.29) is 0 Å². The van der Waals surface area contributed by atoms with E-state index < -0.39 is 11.8 Å². The number of carbonyl (C=O) groups excluding carboxylic acids is 2. The summed E-state index contributed by atoms with van der Waals surface area (Å²) in [6.45, 7) is 2.18. The molecule has 0 aromatic heterocycles. The molecule has 2 amide bonds. The van der Waals surface area contributed by atoms with Gasteiger partial charge in [-0.2, -0.15) is 5.10 Å². The minimum atomic E-state index is -0.910. The molecule has 0 aliphatic rings. The lowest BCUT2D eigenvalue weighted by atomic mass is 10.2. The highest BCUT2D eigenvalue weighted by Gasteiger charge is 2.14. The fourth-order valence-electron chi connectivity index (χ4n) is 2.75. The number of anilines is 1. The summed E-state index contributed by atoms with van der Waals surface area (Å²) in [4.78, 5) is 24.1. The highest BCUT2D eigenvalue weighted by Crippen LogP contribution is 2.28. The Morgan fingerprint density at radius 1 is 1.03 bits per heavy atom. The van der Waals surface area contributed by atoms with Crippen LogP contribution in [0.25, 0.3) is 0 Å². The van der Waals surface area contributed by atoms with Gasteiger partial charge in [-0.15, -0.1) is 0 Å². The lowest BCUT2D eigenvalue weighted by Gasteiger charge is -2.11. The van der Waals surface area contributed by atoms with Crippen LogP contribution in [-0.2, 0) is 16.2 Å². The molecule has 0 atom stereocenters. The van der Waals surface area contributed by atoms with Gasteiger partial charge in [0.05, 0.1) is 13.3 Å². The Hall–Kier alpha value is -3.36. The van der Waals surface area contributed by atoms with Crippen LogP contribution in [0.4, 0.5) is 5.69 Å². The normalized spacial score (nSPS) is 10.7. The number of ether oxygens (including phenoxy) is 2. The van der Waals surface area contributed by atoms with Crippen molar-refractivity contribution in [2.45, 2.75) is 13.5 Å². The van der Waals surface area contributed by atoms with Gasteiger partial charge < -0.3 is 14.8 Å². The van der Waals surface area contributed by atoms with Crippen LogP contribution in [0.15, 0.2) is 70.2 Å². The van der Waals surface area contributed by atoms with Gasteiger partial charge in [0, 0.05) is 15.2 Å². The van der Waals surface area contributed by atoms with Gasteiger partial charge in [0.1, 0.15) is 6.61 Å². The predicted molar refractivity (Wildman–Crippen MR) is 132 cm³/mol. The van der Waals surface area contributed by atoms with Crippen molar-refractivity contribution < 1.29 is 19.1 Å². The van der Waals surface area contributed by atoms with Crippen LogP contribution in [0.3, 0.4) is 0 Å². The van der Waals surface area contributed by atoms with Crippen LogP contribution in [-0.4, -0.2) is 25.1 Å². The van der Waals surface area contributed by atoms with Crippen molar-refractivity contribution in [1.82, 2.24) is 5.43 Å². The Balaban J connectivity index is 1.57. The van der Waals surface area contributed by atoms with Crippen LogP contribution in [0, 0.1) is 6.92 Å². The van der Waals surface area contributed by atoms with Crippen molar-refractivity contribution in [2.75, 3.05) is 12.4 Å². The first-order valence-electron chi connectivity index (χ1n) is 9.81. The highest BCUT2D eigenvalue weighted by molar-refractivity contribution is 9.10. The highest BCUT2D eigenvalue weighted by atomic mass is 79.9. The van der Waals surface area contributed by atoms with E-state index in [2.05, 4.69) is 31.8 Å². The first-order chi connectivity index (χ1) is 15.9. The number of amides is 2. The number of rotatable bonds is 7. The van der Waals surface area contributed by atoms with Gasteiger partial charge in [-0.25, -0.2) is 5.43 Å². The van der Waals surface area contributed by atoms with E-state index in [1.807, 2.05) is 24.3 Å². The van der Waals surface area contributed by atoms with Gasteiger partial charge >= 0.3 is 11.8 Å². The molecule has 9 heteroatoms. The van der Waals surface area contributed by atoms with E-state index >= 15 is 0 Å². The molecular formula is C24H21BrClN3O4. The molecule has 2 N–H and O–H groups in total. The molecule has 0 aliphatic carbocycles. The Labute approximate surface area is 204 Å². The minimum absolute atomic E-state index is 0.383. The number of hydrazone groups is 1. The van der Waals surface area contributed by atoms with Crippen molar-refractivity contribution >= 4 is 51.2 Å². The molecule has 0 unspecified atom stereocenters. The Morgan fingerprint density at radius 3 is 2.52 bits per heavy atom. The SMILES string of the molecule is COc1cc(/C=N/NC(=O)C(=O)Nc2cc(Cl)ccc2C)ccc1OCc1ccc(Br)cc1. The monoisotopic (exact) mass is 529 g/mol. The number of hydrogen-bond acceptors (Lipinski definition) is 5. The fourth-order valence-corrected chi connectivity index (χ4v) is 3.19. The number of benzene rings is 3. The number of nitrogens with one attached hydrogen (secondary N) is 2. The standard InChI is InChI=1S/C24H21BrClN3O4/c1-15-3-9-19(26)12-20(15)28-23(30)24(31)29-27-13-17-6-10-21(22(11-17)32-2)33-14-16-4-7-18(25)8-5-16/h3-13H,14H2,1-2H3,(H,28,30)(H,29,31)/b27-13+. The molecule has 3 rings (SSSR count). The summed E-state index contributed by atoms with van der Waals surface area (Å²) in [6.07, 6.45) is 1.40. The maximum atomic E-state index is 12.1. The van der Waals surface area contributed by atoms with Crippen molar-refractivity contribution in [3.63, 3.8) is 0 Å². The molecule has 0 heterocycles. The number of nitrogens with zero attached hydrogens (tertiary/aromatic N) is 1. The lowest BCUT2D eigenvalue weighted by Crippen LogP contribution is -2.32. The number of halogens is 2. The minimum Gasteiger partial charge on any atom is -0.493 e. The van der Waals surface area contributed by atoms with E-state index in [1.54, 1.807) is 43.3 Å². The molecule has 0 bridgehead atoms. The van der Waals surface area contributed by atoms with Gasteiger partial charge in [-0.05, 0) is 66.1 Å². The van der Waals surface area contributed by atoms with Crippen molar-refractivity contribution in [3.05, 3.63) is 86.8 Å². The molecule has 0 saturated carbocycles. The van der Waals surface area contributed by atoms with E-state index in [9.17, 15) is 9.59 Å². The second kappa shape index (κ2) is 11.5. The Kier molecular flexibility index (Phi) is 8.46. The van der Waals surface area contributed by atoms with Gasteiger partial charge in [0.15, 0.2) is 11.5 Å². The topological polar surface area (TPSA) is 89.0 Å². The zero-order valence-corrected chi connectivity index (χ0v) is 20.2. The molecule has 0 aliphatic heterocycles. The maximum absolute atomic E-state index is 12.1. The van der Waals surface area contributed by atoms with E-state index in [0.717, 1.165) is 15.6 Å². The molecular weight excluding hydrogens is 510 g/mol. The van der Waals surface area contributed by atoms with Crippen LogP contribution >= 0.6 is 27.5 Å². The average molecular weight is 531 g/mol. The molecule has 0 spiro atoms. The maximum Gasteiger partial charge on any atom is 0.329 e. The summed E-state index contributed by atoms with van der Waals surface area (Å²) in [5.74, 6) is -0.687. The largest absolute Gasteiger partial charge is 0.493 e. The summed E-state index contributed by atoms with van der Waals surface area (Å²) in [7, 11) is 1.53. The molecule has 7 nitrogen and oxygen atoms in total. The van der Waals surface area contributed by atoms with Crippen molar-refractivity contribution in [2.24, 2.45) is 5.10 Å². The molecule has 0 fully saturated rings. The van der Waals surface area contributed by atoms with Gasteiger partial charge in [-0.3, -0.25) is 9.59 Å². The molecule has 3 aromatic rings. The second-order valence-electron chi connectivity index (χ2n) is 6.94. The van der Waals surface area contributed by atoms with E-state index in [1.165, 1.54) is 13.3 Å². The Morgan fingerprint density at radius 2 is 1.79 bits per heavy atom. The number of hydrogen-bond donors (Lipinski definition) is 2. The van der Waals surface area contributed by atoms with Crippen LogP contribution in [0.1, 0.15) is 16.7 Å². The van der Waals surface area contributed by atoms with Crippen molar-refractivity contribution in [1.29, 1.82) is 0 Å². The smallest absolute Gasteiger partial charge is 0.329 e. The first-order valence-corrected chi connectivity index (χ1v) is 11.0. The zero-order chi connectivity index (χ0) is 23.8. The zero-order valence-electron chi connectivity index (χ0n) is 17.9. The quantitative estimate of drug-likeness (QED) is 0.253. The predicted octanol–water partition coefficient (Wildman–Crippen LogP) is 5.09. The van der Waals surface area contributed by atoms with E-state index in [4.69, 9.17) is 21.1 Å². The average Bonchev–Trinajstić information content (AvgIpc) is 2.81. The number of methoxy groups -OCH3 is 1. The third-order valence-electron chi connectivity index (χ3n) is 4.53. The van der Waals surface area contributed by atoms with Gasteiger partial charge in [0.25, 0.3) is 0 Å². The van der Waals surface area contributed by atoms with Crippen molar-refractivity contribution in [3.8, 4) is 11.5 Å². The fraction of sp³-hybridized carbons (Fsp3) is 0.125. The van der Waals surface area contributed by atoms with Gasteiger partial charge in [0.2, 0.25) is 0 Å². The third kappa shape index (κ3) is 7.06. The summed E-state index contributed by atoms with van der Waals surface area (Å²) in [5, 5.41) is 6.80. The second-order valence-corrected chi connectivity index (χ2v) is 8.29. The van der Waals surface area contributed by atoms with Crippen LogP contribution in [0.5, 0.6) is 11.5 Å². The number of carbonyl (C=O) groups is 2.